The molecule has 0 heterocycles. The van der Waals surface area contributed by atoms with Crippen LogP contribution in [0.2, 0.25) is 0 Å². The van der Waals surface area contributed by atoms with Crippen LogP contribution >= 0.6 is 0 Å². The lowest BCUT2D eigenvalue weighted by Gasteiger charge is -2.21. The Morgan fingerprint density at radius 3 is 2.40 bits per heavy atom. The molecule has 108 valence electrons. The first-order valence-electron chi connectivity index (χ1n) is 8.03. The predicted molar refractivity (Wildman–Crippen MR) is 80.7 cm³/mol. The zero-order chi connectivity index (χ0) is 14.0. The van der Waals surface area contributed by atoms with Crippen LogP contribution in [0, 0.1) is 43.4 Å². The van der Waals surface area contributed by atoms with E-state index in [0.717, 1.165) is 35.3 Å². The molecule has 0 spiro atoms. The Bertz CT molecular complexity index is 537. The topological polar surface area (TPSA) is 35.2 Å². The van der Waals surface area contributed by atoms with Gasteiger partial charge in [-0.1, -0.05) is 12.1 Å². The highest BCUT2D eigenvalue weighted by molar-refractivity contribution is 5.47. The molecule has 3 saturated carbocycles. The van der Waals surface area contributed by atoms with E-state index in [-0.39, 0.29) is 6.04 Å². The summed E-state index contributed by atoms with van der Waals surface area (Å²) in [5, 5.41) is 0. The van der Waals surface area contributed by atoms with Crippen LogP contribution in [-0.2, 0) is 0 Å². The molecule has 2 bridgehead atoms. The predicted octanol–water partition coefficient (Wildman–Crippen LogP) is 3.60. The van der Waals surface area contributed by atoms with Gasteiger partial charge in [0.15, 0.2) is 0 Å². The average Bonchev–Trinajstić information content (AvgIpc) is 2.88. The molecular formula is C18H25NO. The van der Waals surface area contributed by atoms with Crippen LogP contribution in [0.15, 0.2) is 12.1 Å². The fraction of sp³-hybridized carbons (Fsp3) is 0.667. The number of fused-ring (bicyclic) bond motifs is 5. The van der Waals surface area contributed by atoms with Crippen LogP contribution in [0.25, 0.3) is 0 Å². The summed E-state index contributed by atoms with van der Waals surface area (Å²) in [5.41, 5.74) is 10.4. The van der Waals surface area contributed by atoms with Crippen LogP contribution in [0.3, 0.4) is 0 Å². The summed E-state index contributed by atoms with van der Waals surface area (Å²) < 4.78 is 5.67. The first kappa shape index (κ1) is 12.7. The maximum Gasteiger partial charge on any atom is 0.126 e. The summed E-state index contributed by atoms with van der Waals surface area (Å²) in [4.78, 5) is 0. The van der Waals surface area contributed by atoms with Gasteiger partial charge in [0, 0.05) is 11.6 Å². The molecule has 3 aliphatic carbocycles. The quantitative estimate of drug-likeness (QED) is 0.911. The number of ether oxygens (including phenoxy) is 1. The number of rotatable bonds is 3. The third-order valence-corrected chi connectivity index (χ3v) is 6.48. The zero-order valence-electron chi connectivity index (χ0n) is 12.7. The molecule has 3 aliphatic rings. The minimum absolute atomic E-state index is 0.169. The highest BCUT2D eigenvalue weighted by Crippen LogP contribution is 2.72. The van der Waals surface area contributed by atoms with Gasteiger partial charge in [-0.2, -0.15) is 0 Å². The largest absolute Gasteiger partial charge is 0.496 e. The summed E-state index contributed by atoms with van der Waals surface area (Å²) in [6, 6.07) is 4.56. The van der Waals surface area contributed by atoms with Crippen molar-refractivity contribution >= 4 is 0 Å². The average molecular weight is 271 g/mol. The second-order valence-electron chi connectivity index (χ2n) is 7.22. The van der Waals surface area contributed by atoms with E-state index in [0.29, 0.717) is 0 Å². The molecular weight excluding hydrogens is 246 g/mol. The molecule has 4 rings (SSSR count). The van der Waals surface area contributed by atoms with Gasteiger partial charge >= 0.3 is 0 Å². The fourth-order valence-corrected chi connectivity index (χ4v) is 5.42. The van der Waals surface area contributed by atoms with Crippen molar-refractivity contribution in [2.24, 2.45) is 35.3 Å². The van der Waals surface area contributed by atoms with Gasteiger partial charge in [0.1, 0.15) is 5.75 Å². The highest BCUT2D eigenvalue weighted by Gasteiger charge is 2.66. The Hall–Kier alpha value is -1.02. The van der Waals surface area contributed by atoms with E-state index in [1.54, 1.807) is 7.11 Å². The number of methoxy groups -OCH3 is 1. The van der Waals surface area contributed by atoms with Crippen molar-refractivity contribution in [1.29, 1.82) is 0 Å². The molecule has 0 aliphatic heterocycles. The molecule has 0 amide bonds. The molecule has 5 unspecified atom stereocenters. The Labute approximate surface area is 121 Å². The molecule has 0 radical (unpaired) electrons. The number of hydrogen-bond acceptors (Lipinski definition) is 2. The lowest BCUT2D eigenvalue weighted by atomic mass is 9.91. The van der Waals surface area contributed by atoms with Gasteiger partial charge < -0.3 is 10.5 Å². The van der Waals surface area contributed by atoms with Gasteiger partial charge in [-0.15, -0.1) is 0 Å². The first-order valence-corrected chi connectivity index (χ1v) is 8.03. The van der Waals surface area contributed by atoms with Gasteiger partial charge in [-0.25, -0.2) is 0 Å². The van der Waals surface area contributed by atoms with Gasteiger partial charge in [-0.3, -0.25) is 0 Å². The van der Waals surface area contributed by atoms with Gasteiger partial charge in [0.25, 0.3) is 0 Å². The number of nitrogens with two attached hydrogens (primary N) is 1. The zero-order valence-corrected chi connectivity index (χ0v) is 12.7. The molecule has 3 fully saturated rings. The van der Waals surface area contributed by atoms with E-state index in [2.05, 4.69) is 26.0 Å². The van der Waals surface area contributed by atoms with Crippen LogP contribution in [0.4, 0.5) is 0 Å². The number of aryl methyl sites for hydroxylation is 1. The van der Waals surface area contributed by atoms with Crippen LogP contribution in [0.5, 0.6) is 5.75 Å². The van der Waals surface area contributed by atoms with E-state index in [1.807, 2.05) is 0 Å². The third kappa shape index (κ3) is 1.54. The van der Waals surface area contributed by atoms with E-state index in [9.17, 15) is 0 Å². The van der Waals surface area contributed by atoms with Crippen molar-refractivity contribution in [3.8, 4) is 5.75 Å². The van der Waals surface area contributed by atoms with Crippen molar-refractivity contribution in [3.05, 3.63) is 28.8 Å². The van der Waals surface area contributed by atoms with Gasteiger partial charge in [-0.05, 0) is 73.8 Å². The molecule has 2 heteroatoms. The van der Waals surface area contributed by atoms with Crippen LogP contribution in [-0.4, -0.2) is 7.11 Å². The van der Waals surface area contributed by atoms with E-state index >= 15 is 0 Å². The van der Waals surface area contributed by atoms with E-state index in [1.165, 1.54) is 36.0 Å². The van der Waals surface area contributed by atoms with Crippen molar-refractivity contribution in [3.63, 3.8) is 0 Å². The minimum atomic E-state index is 0.169. The standard InChI is InChI=1S/C18H25NO/c1-9-4-7-13(18(20-3)10(9)2)17(19)16-14-11-5-6-12(8-11)15(14)16/h4,7,11-12,14-17H,5-6,8,19H2,1-3H3. The molecule has 2 N–H and O–H groups in total. The monoisotopic (exact) mass is 271 g/mol. The maximum atomic E-state index is 6.66. The maximum absolute atomic E-state index is 6.66. The minimum Gasteiger partial charge on any atom is -0.496 e. The third-order valence-electron chi connectivity index (χ3n) is 6.48. The van der Waals surface area contributed by atoms with Crippen molar-refractivity contribution < 1.29 is 4.74 Å². The van der Waals surface area contributed by atoms with E-state index < -0.39 is 0 Å². The van der Waals surface area contributed by atoms with Crippen molar-refractivity contribution in [1.82, 2.24) is 0 Å². The lowest BCUT2D eigenvalue weighted by Crippen LogP contribution is -2.18. The molecule has 20 heavy (non-hydrogen) atoms. The first-order chi connectivity index (χ1) is 9.63. The summed E-state index contributed by atoms with van der Waals surface area (Å²) in [5.74, 6) is 5.56. The summed E-state index contributed by atoms with van der Waals surface area (Å²) >= 11 is 0. The van der Waals surface area contributed by atoms with Gasteiger partial charge in [0.05, 0.1) is 7.11 Å². The number of benzene rings is 1. The second kappa shape index (κ2) is 4.24. The molecule has 1 aromatic rings. The fourth-order valence-electron chi connectivity index (χ4n) is 5.42. The van der Waals surface area contributed by atoms with Crippen molar-refractivity contribution in [2.75, 3.05) is 7.11 Å². The molecule has 1 aromatic carbocycles. The van der Waals surface area contributed by atoms with Crippen LogP contribution in [0.1, 0.15) is 42.0 Å². The molecule has 0 aromatic heterocycles. The second-order valence-corrected chi connectivity index (χ2v) is 7.22. The Morgan fingerprint density at radius 2 is 1.80 bits per heavy atom. The Kier molecular flexibility index (Phi) is 2.69. The van der Waals surface area contributed by atoms with Crippen molar-refractivity contribution in [2.45, 2.75) is 39.2 Å². The Morgan fingerprint density at radius 1 is 1.15 bits per heavy atom. The summed E-state index contributed by atoms with van der Waals surface area (Å²) in [6.07, 6.45) is 4.40. The summed E-state index contributed by atoms with van der Waals surface area (Å²) in [7, 11) is 1.77. The molecule has 5 atom stereocenters. The molecule has 0 saturated heterocycles. The number of hydrogen-bond donors (Lipinski definition) is 1. The highest BCUT2D eigenvalue weighted by atomic mass is 16.5. The lowest BCUT2D eigenvalue weighted by molar-refractivity contribution is 0.381. The summed E-state index contributed by atoms with van der Waals surface area (Å²) in [6.45, 7) is 4.28. The van der Waals surface area contributed by atoms with E-state index in [4.69, 9.17) is 10.5 Å². The smallest absolute Gasteiger partial charge is 0.126 e. The Balaban J connectivity index is 1.64. The SMILES string of the molecule is COc1c(C(N)C2C3C4CCC(C4)C32)ccc(C)c1C. The van der Waals surface area contributed by atoms with Gasteiger partial charge in [0.2, 0.25) is 0 Å². The normalized spacial score (nSPS) is 38.7. The van der Waals surface area contributed by atoms with Crippen LogP contribution < -0.4 is 10.5 Å². The molecule has 2 nitrogen and oxygen atoms in total.